The van der Waals surface area contributed by atoms with Crippen molar-refractivity contribution in [1.82, 2.24) is 19.4 Å². The van der Waals surface area contributed by atoms with Crippen LogP contribution >= 0.6 is 0 Å². The molecular weight excluding hydrogens is 423 g/mol. The van der Waals surface area contributed by atoms with Gasteiger partial charge in [0.2, 0.25) is 5.91 Å². The maximum Gasteiger partial charge on any atom is 0.283 e. The third-order valence-corrected chi connectivity index (χ3v) is 6.12. The first-order valence-electron chi connectivity index (χ1n) is 9.88. The molecule has 8 nitrogen and oxygen atoms in total. The first-order valence-corrected chi connectivity index (χ1v) is 11.4. The van der Waals surface area contributed by atoms with Gasteiger partial charge < -0.3 is 4.90 Å². The van der Waals surface area contributed by atoms with Crippen molar-refractivity contribution in [3.8, 4) is 0 Å². The molecule has 1 aromatic heterocycles. The Hall–Kier alpha value is -2.75. The number of carbonyl (C=O) groups is 2. The molecule has 2 aromatic rings. The predicted octanol–water partition coefficient (Wildman–Crippen LogP) is 2.56. The summed E-state index contributed by atoms with van der Waals surface area (Å²) in [4.78, 5) is 26.1. The Morgan fingerprint density at radius 2 is 1.61 bits per heavy atom. The van der Waals surface area contributed by atoms with Gasteiger partial charge in [-0.2, -0.15) is 13.5 Å². The summed E-state index contributed by atoms with van der Waals surface area (Å²) in [7, 11) is 0.222. The van der Waals surface area contributed by atoms with E-state index in [1.165, 1.54) is 38.2 Å². The molecule has 0 saturated heterocycles. The Kier molecular flexibility index (Phi) is 7.25. The Morgan fingerprint density at radius 1 is 1.10 bits per heavy atom. The highest BCUT2D eigenvalue weighted by atomic mass is 32.2. The van der Waals surface area contributed by atoms with E-state index in [4.69, 9.17) is 0 Å². The number of amides is 2. The molecule has 0 fully saturated rings. The number of benzene rings is 1. The van der Waals surface area contributed by atoms with Crippen molar-refractivity contribution in [1.29, 1.82) is 0 Å². The summed E-state index contributed by atoms with van der Waals surface area (Å²) in [5.74, 6) is -1.68. The van der Waals surface area contributed by atoms with Crippen LogP contribution in [0.25, 0.3) is 0 Å². The molecule has 0 radical (unpaired) electrons. The maximum atomic E-state index is 14.1. The molecule has 1 N–H and O–H groups in total. The van der Waals surface area contributed by atoms with Crippen LogP contribution in [0.1, 0.15) is 66.7 Å². The van der Waals surface area contributed by atoms with E-state index < -0.39 is 32.7 Å². The number of hydrogen-bond donors (Lipinski definition) is 1. The molecule has 0 aliphatic heterocycles. The van der Waals surface area contributed by atoms with Crippen molar-refractivity contribution in [2.75, 3.05) is 14.1 Å². The van der Waals surface area contributed by atoms with Crippen LogP contribution in [0.4, 0.5) is 4.39 Å². The Bertz CT molecular complexity index is 1080. The Balaban J connectivity index is 2.35. The van der Waals surface area contributed by atoms with Gasteiger partial charge in [0.15, 0.2) is 5.03 Å². The van der Waals surface area contributed by atoms with Crippen LogP contribution < -0.4 is 4.72 Å². The monoisotopic (exact) mass is 452 g/mol. The van der Waals surface area contributed by atoms with Crippen LogP contribution in [0.2, 0.25) is 0 Å². The Morgan fingerprint density at radius 3 is 2.06 bits per heavy atom. The van der Waals surface area contributed by atoms with Gasteiger partial charge in [0.05, 0.1) is 6.42 Å². The number of rotatable bonds is 7. The number of aromatic nitrogens is 2. The van der Waals surface area contributed by atoms with E-state index in [1.807, 2.05) is 32.4 Å². The summed E-state index contributed by atoms with van der Waals surface area (Å²) in [5.41, 5.74) is 2.00. The second-order valence-electron chi connectivity index (χ2n) is 8.27. The van der Waals surface area contributed by atoms with Crippen molar-refractivity contribution in [3.05, 3.63) is 46.4 Å². The SMILES string of the molecule is CC(C)c1cc(F)cc(C(C)C)c1CC(=O)NS(=O)(=O)c1cc(C(=O)N(C)C)n(C)n1. The zero-order valence-corrected chi connectivity index (χ0v) is 19.7. The first-order chi connectivity index (χ1) is 14.2. The molecule has 0 aliphatic carbocycles. The van der Waals surface area contributed by atoms with Crippen LogP contribution in [0.15, 0.2) is 23.2 Å². The van der Waals surface area contributed by atoms with Crippen LogP contribution in [-0.2, 0) is 28.3 Å². The summed E-state index contributed by atoms with van der Waals surface area (Å²) >= 11 is 0. The van der Waals surface area contributed by atoms with E-state index in [2.05, 4.69) is 5.10 Å². The topological polar surface area (TPSA) is 101 Å². The van der Waals surface area contributed by atoms with E-state index in [-0.39, 0.29) is 24.0 Å². The van der Waals surface area contributed by atoms with Crippen molar-refractivity contribution >= 4 is 21.8 Å². The molecule has 2 amide bonds. The second-order valence-corrected chi connectivity index (χ2v) is 9.90. The van der Waals surface area contributed by atoms with E-state index in [1.54, 1.807) is 0 Å². The smallest absolute Gasteiger partial charge is 0.283 e. The van der Waals surface area contributed by atoms with Crippen molar-refractivity contribution in [3.63, 3.8) is 0 Å². The lowest BCUT2D eigenvalue weighted by Crippen LogP contribution is -2.32. The molecule has 0 unspecified atom stereocenters. The van der Waals surface area contributed by atoms with Gasteiger partial charge in [-0.3, -0.25) is 14.3 Å². The number of aryl methyl sites for hydroxylation is 1. The molecule has 170 valence electrons. The van der Waals surface area contributed by atoms with Gasteiger partial charge in [0, 0.05) is 27.2 Å². The van der Waals surface area contributed by atoms with Crippen LogP contribution in [0.3, 0.4) is 0 Å². The molecule has 10 heteroatoms. The number of nitrogens with zero attached hydrogens (tertiary/aromatic N) is 3. The highest BCUT2D eigenvalue weighted by Gasteiger charge is 2.26. The highest BCUT2D eigenvalue weighted by Crippen LogP contribution is 2.29. The number of nitrogens with one attached hydrogen (secondary N) is 1. The molecule has 0 saturated carbocycles. The lowest BCUT2D eigenvalue weighted by Gasteiger charge is -2.19. The van der Waals surface area contributed by atoms with E-state index in [9.17, 15) is 22.4 Å². The van der Waals surface area contributed by atoms with Crippen LogP contribution in [0.5, 0.6) is 0 Å². The molecule has 0 spiro atoms. The molecule has 31 heavy (non-hydrogen) atoms. The average Bonchev–Trinajstić information content (AvgIpc) is 3.03. The third kappa shape index (κ3) is 5.49. The largest absolute Gasteiger partial charge is 0.343 e. The van der Waals surface area contributed by atoms with Crippen LogP contribution in [0, 0.1) is 5.82 Å². The lowest BCUT2D eigenvalue weighted by atomic mass is 9.87. The molecule has 0 aliphatic rings. The minimum Gasteiger partial charge on any atom is -0.343 e. The third-order valence-electron chi connectivity index (χ3n) is 4.87. The summed E-state index contributed by atoms with van der Waals surface area (Å²) in [5, 5.41) is 3.44. The molecule has 1 aromatic carbocycles. The standard InChI is InChI=1S/C21H29FN4O4S/c1-12(2)15-8-14(22)9-16(13(3)4)17(15)10-19(27)24-31(29,30)20-11-18(26(7)23-20)21(28)25(5)6/h8-9,11-13H,10H2,1-7H3,(H,24,27). The second kappa shape index (κ2) is 9.17. The summed E-state index contributed by atoms with van der Waals surface area (Å²) < 4.78 is 42.6. The molecule has 1 heterocycles. The summed E-state index contributed by atoms with van der Waals surface area (Å²) in [6.45, 7) is 7.53. The minimum absolute atomic E-state index is 0.0528. The highest BCUT2D eigenvalue weighted by molar-refractivity contribution is 7.90. The van der Waals surface area contributed by atoms with Crippen LogP contribution in [-0.4, -0.2) is 49.0 Å². The fourth-order valence-electron chi connectivity index (χ4n) is 3.31. The average molecular weight is 453 g/mol. The minimum atomic E-state index is -4.29. The van der Waals surface area contributed by atoms with Gasteiger partial charge in [0.25, 0.3) is 15.9 Å². The van der Waals surface area contributed by atoms with E-state index in [0.29, 0.717) is 16.7 Å². The van der Waals surface area contributed by atoms with Gasteiger partial charge in [0.1, 0.15) is 11.5 Å². The summed E-state index contributed by atoms with van der Waals surface area (Å²) in [6.07, 6.45) is -0.225. The zero-order valence-electron chi connectivity index (χ0n) is 18.9. The fourth-order valence-corrected chi connectivity index (χ4v) is 4.29. The normalized spacial score (nSPS) is 11.8. The number of halogens is 1. The van der Waals surface area contributed by atoms with Gasteiger partial charge in [-0.1, -0.05) is 27.7 Å². The van der Waals surface area contributed by atoms with Crippen molar-refractivity contribution in [2.45, 2.75) is 51.0 Å². The molecule has 0 bridgehead atoms. The summed E-state index contributed by atoms with van der Waals surface area (Å²) in [6, 6.07) is 3.88. The zero-order chi connectivity index (χ0) is 23.7. The maximum absolute atomic E-state index is 14.1. The lowest BCUT2D eigenvalue weighted by molar-refractivity contribution is -0.118. The first kappa shape index (κ1) is 24.5. The Labute approximate surface area is 182 Å². The fraction of sp³-hybridized carbons (Fsp3) is 0.476. The van der Waals surface area contributed by atoms with Gasteiger partial charge in [-0.25, -0.2) is 9.11 Å². The van der Waals surface area contributed by atoms with E-state index >= 15 is 0 Å². The van der Waals surface area contributed by atoms with Crippen molar-refractivity contribution < 1.29 is 22.4 Å². The quantitative estimate of drug-likeness (QED) is 0.696. The van der Waals surface area contributed by atoms with Gasteiger partial charge >= 0.3 is 0 Å². The number of carbonyl (C=O) groups excluding carboxylic acids is 2. The number of sulfonamides is 1. The predicted molar refractivity (Wildman–Crippen MR) is 115 cm³/mol. The molecule has 2 rings (SSSR count). The molecular formula is C21H29FN4O4S. The van der Waals surface area contributed by atoms with Gasteiger partial charge in [-0.05, 0) is 40.7 Å². The van der Waals surface area contributed by atoms with Gasteiger partial charge in [-0.15, -0.1) is 0 Å². The molecule has 0 atom stereocenters. The van der Waals surface area contributed by atoms with E-state index in [0.717, 1.165) is 10.7 Å². The number of hydrogen-bond acceptors (Lipinski definition) is 5. The van der Waals surface area contributed by atoms with Crippen molar-refractivity contribution in [2.24, 2.45) is 7.05 Å².